The van der Waals surface area contributed by atoms with Gasteiger partial charge in [-0.15, -0.1) is 0 Å². The molecular formula is C42H40N4O4. The van der Waals surface area contributed by atoms with E-state index in [1.54, 1.807) is 0 Å². The zero-order valence-electron chi connectivity index (χ0n) is 28.8. The summed E-state index contributed by atoms with van der Waals surface area (Å²) in [7, 11) is 0. The fourth-order valence-corrected chi connectivity index (χ4v) is 6.78. The van der Waals surface area contributed by atoms with Gasteiger partial charge in [-0.25, -0.2) is 9.97 Å². The van der Waals surface area contributed by atoms with Gasteiger partial charge in [0.2, 0.25) is 0 Å². The monoisotopic (exact) mass is 664 g/mol. The van der Waals surface area contributed by atoms with Crippen LogP contribution in [-0.4, -0.2) is 70.0 Å². The third kappa shape index (κ3) is 6.36. The van der Waals surface area contributed by atoms with E-state index in [9.17, 15) is 9.59 Å². The summed E-state index contributed by atoms with van der Waals surface area (Å²) in [4.78, 5) is 42.5. The molecule has 252 valence electrons. The number of hydrogen-bond acceptors (Lipinski definition) is 6. The smallest absolute Gasteiger partial charge is 0.254 e. The summed E-state index contributed by atoms with van der Waals surface area (Å²) in [5.41, 5.74) is 5.94. The zero-order valence-corrected chi connectivity index (χ0v) is 28.8. The molecule has 8 heteroatoms. The van der Waals surface area contributed by atoms with Gasteiger partial charge < -0.3 is 19.3 Å². The van der Waals surface area contributed by atoms with Gasteiger partial charge in [0.15, 0.2) is 0 Å². The van der Waals surface area contributed by atoms with Crippen LogP contribution >= 0.6 is 0 Å². The molecule has 0 aliphatic carbocycles. The molecular weight excluding hydrogens is 624 g/mol. The van der Waals surface area contributed by atoms with E-state index >= 15 is 0 Å². The van der Waals surface area contributed by atoms with Gasteiger partial charge in [0.25, 0.3) is 11.8 Å². The van der Waals surface area contributed by atoms with Crippen molar-refractivity contribution in [1.82, 2.24) is 19.8 Å². The average molecular weight is 665 g/mol. The molecule has 2 aromatic heterocycles. The number of amides is 2. The lowest BCUT2D eigenvalue weighted by Gasteiger charge is -2.44. The number of aromatic nitrogens is 2. The Morgan fingerprint density at radius 2 is 0.980 bits per heavy atom. The van der Waals surface area contributed by atoms with E-state index in [1.807, 2.05) is 147 Å². The van der Waals surface area contributed by atoms with Crippen molar-refractivity contribution < 1.29 is 19.1 Å². The fraction of sp³-hybridized carbons (Fsp3) is 0.238. The van der Waals surface area contributed by atoms with E-state index in [0.717, 1.165) is 55.8 Å². The molecule has 8 nitrogen and oxygen atoms in total. The molecule has 1 fully saturated rings. The molecule has 0 N–H and O–H groups in total. The van der Waals surface area contributed by atoms with Gasteiger partial charge in [-0.1, -0.05) is 36.4 Å². The first-order valence-corrected chi connectivity index (χ1v) is 17.2. The lowest BCUT2D eigenvalue weighted by atomic mass is 9.99. The summed E-state index contributed by atoms with van der Waals surface area (Å²) < 4.78 is 11.3. The highest BCUT2D eigenvalue weighted by Gasteiger charge is 2.36. The van der Waals surface area contributed by atoms with Crippen molar-refractivity contribution >= 4 is 33.6 Å². The molecule has 7 rings (SSSR count). The van der Waals surface area contributed by atoms with Crippen molar-refractivity contribution in [2.45, 2.75) is 39.8 Å². The number of para-hydroxylation sites is 2. The molecule has 0 saturated carbocycles. The number of nitrogens with zero attached hydrogens (tertiary/aromatic N) is 4. The number of hydrogen-bond donors (Lipinski definition) is 0. The van der Waals surface area contributed by atoms with Gasteiger partial charge in [-0.2, -0.15) is 0 Å². The Kier molecular flexibility index (Phi) is 9.17. The van der Waals surface area contributed by atoms with Gasteiger partial charge in [-0.3, -0.25) is 9.59 Å². The van der Waals surface area contributed by atoms with E-state index in [1.165, 1.54) is 0 Å². The molecule has 0 bridgehead atoms. The number of benzene rings is 4. The van der Waals surface area contributed by atoms with Crippen molar-refractivity contribution in [3.05, 3.63) is 120 Å². The zero-order chi connectivity index (χ0) is 34.8. The first-order chi connectivity index (χ1) is 24.3. The number of rotatable bonds is 8. The molecule has 1 aliphatic heterocycles. The SMILES string of the molecule is CCOc1ccc(-c2cc(C(=O)N3C[C@H](C)N(C(=O)c4cc(-c5ccc(OCC)cc5)nc5ccccc45)C[C@H]3C)c3ccccc3n2)cc1. The van der Waals surface area contributed by atoms with Crippen LogP contribution in [0.15, 0.2) is 109 Å². The van der Waals surface area contributed by atoms with Crippen molar-refractivity contribution in [2.75, 3.05) is 26.3 Å². The van der Waals surface area contributed by atoms with Gasteiger partial charge in [-0.05, 0) is 100 Å². The average Bonchev–Trinajstić information content (AvgIpc) is 3.15. The van der Waals surface area contributed by atoms with Crippen LogP contribution in [0.2, 0.25) is 0 Å². The van der Waals surface area contributed by atoms with Crippen LogP contribution in [0, 0.1) is 0 Å². The summed E-state index contributed by atoms with van der Waals surface area (Å²) >= 11 is 0. The van der Waals surface area contributed by atoms with E-state index in [2.05, 4.69) is 0 Å². The largest absolute Gasteiger partial charge is 0.494 e. The Bertz CT molecular complexity index is 2030. The van der Waals surface area contributed by atoms with E-state index in [-0.39, 0.29) is 23.9 Å². The van der Waals surface area contributed by atoms with Crippen molar-refractivity contribution in [3.8, 4) is 34.0 Å². The minimum Gasteiger partial charge on any atom is -0.494 e. The van der Waals surface area contributed by atoms with Crippen molar-refractivity contribution in [3.63, 3.8) is 0 Å². The Morgan fingerprint density at radius 1 is 0.600 bits per heavy atom. The highest BCUT2D eigenvalue weighted by molar-refractivity contribution is 6.09. The van der Waals surface area contributed by atoms with E-state index < -0.39 is 0 Å². The summed E-state index contributed by atoms with van der Waals surface area (Å²) in [5, 5.41) is 1.60. The summed E-state index contributed by atoms with van der Waals surface area (Å²) in [6.07, 6.45) is 0. The Balaban J connectivity index is 1.18. The van der Waals surface area contributed by atoms with E-state index in [0.29, 0.717) is 37.4 Å². The third-order valence-corrected chi connectivity index (χ3v) is 9.32. The molecule has 50 heavy (non-hydrogen) atoms. The summed E-state index contributed by atoms with van der Waals surface area (Å²) in [6.45, 7) is 9.90. The van der Waals surface area contributed by atoms with Gasteiger partial charge >= 0.3 is 0 Å². The number of carbonyl (C=O) groups excluding carboxylic acids is 2. The maximum absolute atomic E-state index is 14.4. The molecule has 2 atom stereocenters. The second-order valence-electron chi connectivity index (χ2n) is 12.7. The lowest BCUT2D eigenvalue weighted by Crippen LogP contribution is -2.59. The number of carbonyl (C=O) groups is 2. The summed E-state index contributed by atoms with van der Waals surface area (Å²) in [5.74, 6) is 1.43. The predicted molar refractivity (Wildman–Crippen MR) is 198 cm³/mol. The summed E-state index contributed by atoms with van der Waals surface area (Å²) in [6, 6.07) is 34.4. The quantitative estimate of drug-likeness (QED) is 0.163. The van der Waals surface area contributed by atoms with Crippen molar-refractivity contribution in [2.24, 2.45) is 0 Å². The van der Waals surface area contributed by atoms with Crippen LogP contribution in [0.4, 0.5) is 0 Å². The van der Waals surface area contributed by atoms with Gasteiger partial charge in [0, 0.05) is 47.1 Å². The first-order valence-electron chi connectivity index (χ1n) is 17.2. The van der Waals surface area contributed by atoms with E-state index in [4.69, 9.17) is 19.4 Å². The van der Waals surface area contributed by atoms with Crippen LogP contribution in [0.5, 0.6) is 11.5 Å². The Hall–Kier alpha value is -5.76. The number of piperazine rings is 1. The standard InChI is InChI=1S/C42H40N4O4/c1-5-49-31-19-15-29(16-20-31)39-23-35(33-11-7-9-13-37(33)43-39)41(47)45-25-28(4)46(26-27(45)3)42(48)36-24-40(44-38-14-10-8-12-34(36)38)30-17-21-32(22-18-30)50-6-2/h7-24,27-28H,5-6,25-26H2,1-4H3/t27-,28+. The van der Waals surface area contributed by atoms with Crippen molar-refractivity contribution in [1.29, 1.82) is 0 Å². The highest BCUT2D eigenvalue weighted by Crippen LogP contribution is 2.31. The molecule has 3 heterocycles. The maximum atomic E-state index is 14.4. The molecule has 6 aromatic rings. The minimum absolute atomic E-state index is 0.0746. The first kappa shape index (κ1) is 32.8. The molecule has 0 unspecified atom stereocenters. The second kappa shape index (κ2) is 14.0. The van der Waals surface area contributed by atoms with Crippen LogP contribution in [0.3, 0.4) is 0 Å². The van der Waals surface area contributed by atoms with Crippen LogP contribution < -0.4 is 9.47 Å². The second-order valence-corrected chi connectivity index (χ2v) is 12.7. The Morgan fingerprint density at radius 3 is 1.36 bits per heavy atom. The van der Waals surface area contributed by atoms with Crippen LogP contribution in [0.25, 0.3) is 44.3 Å². The minimum atomic E-state index is -0.220. The van der Waals surface area contributed by atoms with Crippen LogP contribution in [-0.2, 0) is 0 Å². The van der Waals surface area contributed by atoms with Gasteiger partial charge in [0.1, 0.15) is 11.5 Å². The molecule has 4 aromatic carbocycles. The molecule has 2 amide bonds. The molecule has 1 aliphatic rings. The molecule has 0 radical (unpaired) electrons. The molecule has 0 spiro atoms. The highest BCUT2D eigenvalue weighted by atomic mass is 16.5. The molecule has 1 saturated heterocycles. The van der Waals surface area contributed by atoms with Gasteiger partial charge in [0.05, 0.1) is 46.8 Å². The maximum Gasteiger partial charge on any atom is 0.254 e. The number of pyridine rings is 2. The Labute approximate surface area is 292 Å². The normalized spacial score (nSPS) is 16.1. The topological polar surface area (TPSA) is 84.9 Å². The number of ether oxygens (including phenoxy) is 2. The third-order valence-electron chi connectivity index (χ3n) is 9.32. The van der Waals surface area contributed by atoms with Crippen LogP contribution in [0.1, 0.15) is 48.4 Å². The fourth-order valence-electron chi connectivity index (χ4n) is 6.78. The predicted octanol–water partition coefficient (Wildman–Crippen LogP) is 8.29. The lowest BCUT2D eigenvalue weighted by molar-refractivity contribution is 0.0272. The number of fused-ring (bicyclic) bond motifs is 2.